The SMILES string of the molecule is Cc1ccccc1N(CCCN)C(C)c1ccccc1. The molecule has 0 aliphatic heterocycles. The van der Waals surface area contributed by atoms with Gasteiger partial charge in [0.05, 0.1) is 6.04 Å². The lowest BCUT2D eigenvalue weighted by Gasteiger charge is -2.33. The van der Waals surface area contributed by atoms with Gasteiger partial charge in [-0.25, -0.2) is 0 Å². The lowest BCUT2D eigenvalue weighted by Crippen LogP contribution is -2.29. The zero-order valence-electron chi connectivity index (χ0n) is 12.4. The third-order valence-electron chi connectivity index (χ3n) is 3.78. The normalized spacial score (nSPS) is 12.2. The lowest BCUT2D eigenvalue weighted by atomic mass is 10.0. The van der Waals surface area contributed by atoms with Crippen LogP contribution in [-0.4, -0.2) is 13.1 Å². The average Bonchev–Trinajstić information content (AvgIpc) is 2.50. The van der Waals surface area contributed by atoms with E-state index in [1.807, 2.05) is 0 Å². The molecule has 0 aromatic heterocycles. The van der Waals surface area contributed by atoms with Gasteiger partial charge in [0.1, 0.15) is 0 Å². The monoisotopic (exact) mass is 268 g/mol. The fourth-order valence-electron chi connectivity index (χ4n) is 2.58. The first-order valence-corrected chi connectivity index (χ1v) is 7.31. The largest absolute Gasteiger partial charge is 0.365 e. The molecule has 2 rings (SSSR count). The lowest BCUT2D eigenvalue weighted by molar-refractivity contribution is 0.644. The Balaban J connectivity index is 2.30. The predicted octanol–water partition coefficient (Wildman–Crippen LogP) is 3.91. The molecule has 2 heteroatoms. The third kappa shape index (κ3) is 3.40. The molecule has 20 heavy (non-hydrogen) atoms. The number of aryl methyl sites for hydroxylation is 1. The van der Waals surface area contributed by atoms with Crippen LogP contribution in [0.25, 0.3) is 0 Å². The van der Waals surface area contributed by atoms with Crippen LogP contribution in [0.4, 0.5) is 5.69 Å². The minimum Gasteiger partial charge on any atom is -0.365 e. The molecule has 0 aliphatic carbocycles. The number of hydrogen-bond acceptors (Lipinski definition) is 2. The highest BCUT2D eigenvalue weighted by molar-refractivity contribution is 5.54. The van der Waals surface area contributed by atoms with Crippen LogP contribution in [0.5, 0.6) is 0 Å². The van der Waals surface area contributed by atoms with Crippen LogP contribution >= 0.6 is 0 Å². The number of rotatable bonds is 6. The van der Waals surface area contributed by atoms with Gasteiger partial charge < -0.3 is 10.6 Å². The summed E-state index contributed by atoms with van der Waals surface area (Å²) in [6, 6.07) is 19.6. The van der Waals surface area contributed by atoms with E-state index in [1.165, 1.54) is 16.8 Å². The summed E-state index contributed by atoms with van der Waals surface area (Å²) in [5, 5.41) is 0. The summed E-state index contributed by atoms with van der Waals surface area (Å²) in [6.45, 7) is 6.14. The molecular formula is C18H24N2. The Morgan fingerprint density at radius 3 is 2.30 bits per heavy atom. The van der Waals surface area contributed by atoms with Crippen molar-refractivity contribution in [1.82, 2.24) is 0 Å². The van der Waals surface area contributed by atoms with Gasteiger partial charge in [-0.3, -0.25) is 0 Å². The highest BCUT2D eigenvalue weighted by atomic mass is 15.2. The molecule has 0 heterocycles. The molecule has 0 fully saturated rings. The van der Waals surface area contributed by atoms with E-state index in [2.05, 4.69) is 73.3 Å². The molecule has 1 unspecified atom stereocenters. The van der Waals surface area contributed by atoms with Gasteiger partial charge in [0.15, 0.2) is 0 Å². The molecule has 0 radical (unpaired) electrons. The van der Waals surface area contributed by atoms with Crippen molar-refractivity contribution in [3.63, 3.8) is 0 Å². The van der Waals surface area contributed by atoms with Crippen molar-refractivity contribution < 1.29 is 0 Å². The van der Waals surface area contributed by atoms with E-state index in [0.717, 1.165) is 19.5 Å². The van der Waals surface area contributed by atoms with Gasteiger partial charge in [-0.05, 0) is 44.0 Å². The number of anilines is 1. The van der Waals surface area contributed by atoms with Crippen LogP contribution in [0.1, 0.15) is 30.5 Å². The summed E-state index contributed by atoms with van der Waals surface area (Å²) in [5.74, 6) is 0. The number of hydrogen-bond donors (Lipinski definition) is 1. The molecule has 0 spiro atoms. The highest BCUT2D eigenvalue weighted by Crippen LogP contribution is 2.29. The molecule has 2 nitrogen and oxygen atoms in total. The van der Waals surface area contributed by atoms with Crippen molar-refractivity contribution in [3.8, 4) is 0 Å². The van der Waals surface area contributed by atoms with Crippen LogP contribution in [-0.2, 0) is 0 Å². The molecule has 1 atom stereocenters. The van der Waals surface area contributed by atoms with Crippen molar-refractivity contribution >= 4 is 5.69 Å². The van der Waals surface area contributed by atoms with E-state index >= 15 is 0 Å². The van der Waals surface area contributed by atoms with Gasteiger partial charge in [-0.1, -0.05) is 48.5 Å². The number of benzene rings is 2. The average molecular weight is 268 g/mol. The Bertz CT molecular complexity index is 522. The molecular weight excluding hydrogens is 244 g/mol. The van der Waals surface area contributed by atoms with Gasteiger partial charge in [0.25, 0.3) is 0 Å². The van der Waals surface area contributed by atoms with E-state index in [1.54, 1.807) is 0 Å². The standard InChI is InChI=1S/C18H24N2/c1-15-9-6-7-12-18(15)20(14-8-13-19)16(2)17-10-4-3-5-11-17/h3-7,9-12,16H,8,13-14,19H2,1-2H3. The quantitative estimate of drug-likeness (QED) is 0.860. The fraction of sp³-hybridized carbons (Fsp3) is 0.333. The first-order valence-electron chi connectivity index (χ1n) is 7.31. The first kappa shape index (κ1) is 14.6. The molecule has 0 aliphatic rings. The van der Waals surface area contributed by atoms with Crippen LogP contribution in [0.3, 0.4) is 0 Å². The highest BCUT2D eigenvalue weighted by Gasteiger charge is 2.17. The zero-order chi connectivity index (χ0) is 14.4. The maximum absolute atomic E-state index is 5.71. The predicted molar refractivity (Wildman–Crippen MR) is 87.1 cm³/mol. The van der Waals surface area contributed by atoms with Crippen LogP contribution in [0.15, 0.2) is 54.6 Å². The van der Waals surface area contributed by atoms with Gasteiger partial charge in [0.2, 0.25) is 0 Å². The van der Waals surface area contributed by atoms with Gasteiger partial charge in [-0.15, -0.1) is 0 Å². The maximum atomic E-state index is 5.71. The summed E-state index contributed by atoms with van der Waals surface area (Å²) in [5.41, 5.74) is 9.66. The Kier molecular flexibility index (Phi) is 5.19. The van der Waals surface area contributed by atoms with Crippen LogP contribution in [0.2, 0.25) is 0 Å². The minimum absolute atomic E-state index is 0.351. The fourth-order valence-corrected chi connectivity index (χ4v) is 2.58. The van der Waals surface area contributed by atoms with Crippen molar-refractivity contribution in [3.05, 3.63) is 65.7 Å². The Labute approximate surface area is 122 Å². The van der Waals surface area contributed by atoms with Crippen molar-refractivity contribution in [1.29, 1.82) is 0 Å². The van der Waals surface area contributed by atoms with E-state index in [0.29, 0.717) is 6.04 Å². The maximum Gasteiger partial charge on any atom is 0.0514 e. The molecule has 0 saturated heterocycles. The van der Waals surface area contributed by atoms with Crippen molar-refractivity contribution in [2.75, 3.05) is 18.0 Å². The summed E-state index contributed by atoms with van der Waals surface area (Å²) in [4.78, 5) is 2.46. The Morgan fingerprint density at radius 2 is 1.65 bits per heavy atom. The molecule has 2 aromatic rings. The second-order valence-electron chi connectivity index (χ2n) is 5.21. The van der Waals surface area contributed by atoms with E-state index in [-0.39, 0.29) is 0 Å². The summed E-state index contributed by atoms with van der Waals surface area (Å²) < 4.78 is 0. The Hall–Kier alpha value is -1.80. The number of nitrogens with zero attached hydrogens (tertiary/aromatic N) is 1. The Morgan fingerprint density at radius 1 is 1.00 bits per heavy atom. The second kappa shape index (κ2) is 7.11. The molecule has 0 bridgehead atoms. The number of nitrogens with two attached hydrogens (primary N) is 1. The van der Waals surface area contributed by atoms with Crippen LogP contribution < -0.4 is 10.6 Å². The van der Waals surface area contributed by atoms with E-state index in [4.69, 9.17) is 5.73 Å². The van der Waals surface area contributed by atoms with Crippen molar-refractivity contribution in [2.45, 2.75) is 26.3 Å². The molecule has 2 N–H and O–H groups in total. The smallest absolute Gasteiger partial charge is 0.0514 e. The van der Waals surface area contributed by atoms with E-state index in [9.17, 15) is 0 Å². The number of para-hydroxylation sites is 1. The summed E-state index contributed by atoms with van der Waals surface area (Å²) in [6.07, 6.45) is 1.01. The van der Waals surface area contributed by atoms with E-state index < -0.39 is 0 Å². The molecule has 0 amide bonds. The van der Waals surface area contributed by atoms with Crippen molar-refractivity contribution in [2.24, 2.45) is 5.73 Å². The molecule has 2 aromatic carbocycles. The van der Waals surface area contributed by atoms with Crippen LogP contribution in [0, 0.1) is 6.92 Å². The third-order valence-corrected chi connectivity index (χ3v) is 3.78. The topological polar surface area (TPSA) is 29.3 Å². The minimum atomic E-state index is 0.351. The van der Waals surface area contributed by atoms with Gasteiger partial charge >= 0.3 is 0 Å². The second-order valence-corrected chi connectivity index (χ2v) is 5.21. The molecule has 0 saturated carbocycles. The van der Waals surface area contributed by atoms with Gasteiger partial charge in [0, 0.05) is 12.2 Å². The summed E-state index contributed by atoms with van der Waals surface area (Å²) in [7, 11) is 0. The zero-order valence-corrected chi connectivity index (χ0v) is 12.4. The first-order chi connectivity index (χ1) is 9.74. The molecule has 106 valence electrons. The van der Waals surface area contributed by atoms with Gasteiger partial charge in [-0.2, -0.15) is 0 Å². The summed E-state index contributed by atoms with van der Waals surface area (Å²) >= 11 is 0.